The molecule has 1 aliphatic heterocycles. The Morgan fingerprint density at radius 3 is 2.11 bits per heavy atom. The number of hydrogen-bond donors (Lipinski definition) is 2. The molecule has 1 aliphatic carbocycles. The van der Waals surface area contributed by atoms with Gasteiger partial charge in [-0.15, -0.1) is 0 Å². The van der Waals surface area contributed by atoms with E-state index in [9.17, 15) is 14.7 Å². The Hall–Kier alpha value is -1.30. The van der Waals surface area contributed by atoms with E-state index in [1.165, 1.54) is 4.90 Å². The van der Waals surface area contributed by atoms with E-state index in [2.05, 4.69) is 0 Å². The van der Waals surface area contributed by atoms with Gasteiger partial charge in [-0.3, -0.25) is 4.79 Å². The quantitative estimate of drug-likeness (QED) is 0.736. The molecule has 0 bridgehead atoms. The number of rotatable bonds is 1. The average molecular weight is 270 g/mol. The molecule has 0 atom stereocenters. The molecule has 6 heteroatoms. The van der Waals surface area contributed by atoms with Crippen LogP contribution in [0.4, 0.5) is 4.79 Å². The first-order valence-electron chi connectivity index (χ1n) is 7.02. The minimum absolute atomic E-state index is 0.0137. The molecule has 6 nitrogen and oxygen atoms in total. The lowest BCUT2D eigenvalue weighted by Crippen LogP contribution is -2.41. The van der Waals surface area contributed by atoms with E-state index in [1.807, 2.05) is 0 Å². The van der Waals surface area contributed by atoms with Crippen LogP contribution >= 0.6 is 0 Å². The summed E-state index contributed by atoms with van der Waals surface area (Å²) in [6.07, 6.45) is 2.44. The van der Waals surface area contributed by atoms with Crippen LogP contribution in [0.2, 0.25) is 0 Å². The fourth-order valence-corrected chi connectivity index (χ4v) is 2.91. The topological polar surface area (TPSA) is 81.1 Å². The van der Waals surface area contributed by atoms with Crippen LogP contribution in [0.25, 0.3) is 0 Å². The zero-order chi connectivity index (χ0) is 13.8. The maximum atomic E-state index is 12.4. The van der Waals surface area contributed by atoms with E-state index >= 15 is 0 Å². The molecule has 2 aliphatic rings. The number of carbonyl (C=O) groups excluding carboxylic acids is 1. The zero-order valence-corrected chi connectivity index (χ0v) is 11.1. The van der Waals surface area contributed by atoms with Crippen LogP contribution in [-0.4, -0.2) is 64.3 Å². The fourth-order valence-electron chi connectivity index (χ4n) is 2.91. The SMILES string of the molecule is O=C(O)N1CCCN(C(=O)C2CCC(O)CC2)CC1. The molecule has 0 aromatic rings. The van der Waals surface area contributed by atoms with Gasteiger partial charge in [0.25, 0.3) is 0 Å². The number of hydrogen-bond acceptors (Lipinski definition) is 3. The van der Waals surface area contributed by atoms with Gasteiger partial charge < -0.3 is 20.0 Å². The summed E-state index contributed by atoms with van der Waals surface area (Å²) in [6.45, 7) is 2.03. The Morgan fingerprint density at radius 1 is 0.895 bits per heavy atom. The summed E-state index contributed by atoms with van der Waals surface area (Å²) in [5.41, 5.74) is 0. The third kappa shape index (κ3) is 3.59. The first kappa shape index (κ1) is 14.1. The van der Waals surface area contributed by atoms with Gasteiger partial charge in [0.05, 0.1) is 6.10 Å². The van der Waals surface area contributed by atoms with Crippen LogP contribution in [0.15, 0.2) is 0 Å². The van der Waals surface area contributed by atoms with Crippen LogP contribution in [0.3, 0.4) is 0 Å². The molecule has 19 heavy (non-hydrogen) atoms. The molecule has 2 rings (SSSR count). The molecule has 2 N–H and O–H groups in total. The largest absolute Gasteiger partial charge is 0.465 e. The Labute approximate surface area is 113 Å². The van der Waals surface area contributed by atoms with Gasteiger partial charge in [-0.2, -0.15) is 0 Å². The second kappa shape index (κ2) is 6.23. The molecule has 1 heterocycles. The molecule has 108 valence electrons. The maximum absolute atomic E-state index is 12.4. The van der Waals surface area contributed by atoms with E-state index in [1.54, 1.807) is 4.90 Å². The highest BCUT2D eigenvalue weighted by atomic mass is 16.4. The van der Waals surface area contributed by atoms with Crippen molar-refractivity contribution < 1.29 is 19.8 Å². The Morgan fingerprint density at radius 2 is 1.47 bits per heavy atom. The van der Waals surface area contributed by atoms with Crippen molar-refractivity contribution in [3.8, 4) is 0 Å². The number of carboxylic acid groups (broad SMARTS) is 1. The molecule has 2 amide bonds. The number of aliphatic hydroxyl groups is 1. The second-order valence-electron chi connectivity index (χ2n) is 5.45. The van der Waals surface area contributed by atoms with Gasteiger partial charge in [0.2, 0.25) is 5.91 Å². The minimum atomic E-state index is -0.907. The van der Waals surface area contributed by atoms with Crippen molar-refractivity contribution in [2.75, 3.05) is 26.2 Å². The highest BCUT2D eigenvalue weighted by molar-refractivity contribution is 5.79. The van der Waals surface area contributed by atoms with Crippen molar-refractivity contribution >= 4 is 12.0 Å². The molecule has 1 saturated heterocycles. The number of amides is 2. The van der Waals surface area contributed by atoms with Crippen molar-refractivity contribution in [1.82, 2.24) is 9.80 Å². The van der Waals surface area contributed by atoms with Crippen molar-refractivity contribution in [1.29, 1.82) is 0 Å². The van der Waals surface area contributed by atoms with Gasteiger partial charge in [0.1, 0.15) is 0 Å². The monoisotopic (exact) mass is 270 g/mol. The molecule has 0 aromatic heterocycles. The molecule has 0 radical (unpaired) electrons. The molecular weight excluding hydrogens is 248 g/mol. The zero-order valence-electron chi connectivity index (χ0n) is 11.1. The third-order valence-corrected chi connectivity index (χ3v) is 4.12. The maximum Gasteiger partial charge on any atom is 0.407 e. The van der Waals surface area contributed by atoms with E-state index < -0.39 is 6.09 Å². The summed E-state index contributed by atoms with van der Waals surface area (Å²) in [6, 6.07) is 0. The molecule has 0 aromatic carbocycles. The summed E-state index contributed by atoms with van der Waals surface area (Å²) in [4.78, 5) is 26.5. The van der Waals surface area contributed by atoms with Gasteiger partial charge in [-0.1, -0.05) is 0 Å². The van der Waals surface area contributed by atoms with Gasteiger partial charge in [-0.05, 0) is 32.1 Å². The van der Waals surface area contributed by atoms with Gasteiger partial charge in [0, 0.05) is 32.1 Å². The highest BCUT2D eigenvalue weighted by Gasteiger charge is 2.30. The fraction of sp³-hybridized carbons (Fsp3) is 0.846. The Bertz CT molecular complexity index is 340. The molecule has 0 unspecified atom stereocenters. The average Bonchev–Trinajstić information content (AvgIpc) is 2.64. The Kier molecular flexibility index (Phi) is 4.63. The summed E-state index contributed by atoms with van der Waals surface area (Å²) < 4.78 is 0. The van der Waals surface area contributed by atoms with Crippen LogP contribution in [0.1, 0.15) is 32.1 Å². The molecule has 1 saturated carbocycles. The van der Waals surface area contributed by atoms with Gasteiger partial charge in [0.15, 0.2) is 0 Å². The number of nitrogens with zero attached hydrogens (tertiary/aromatic N) is 2. The third-order valence-electron chi connectivity index (χ3n) is 4.12. The first-order chi connectivity index (χ1) is 9.08. The summed E-state index contributed by atoms with van der Waals surface area (Å²) >= 11 is 0. The lowest BCUT2D eigenvalue weighted by atomic mass is 9.86. The van der Waals surface area contributed by atoms with Crippen molar-refractivity contribution in [3.63, 3.8) is 0 Å². The van der Waals surface area contributed by atoms with Gasteiger partial charge >= 0.3 is 6.09 Å². The lowest BCUT2D eigenvalue weighted by molar-refractivity contribution is -0.137. The summed E-state index contributed by atoms with van der Waals surface area (Å²) in [5.74, 6) is 0.152. The molecule has 2 fully saturated rings. The van der Waals surface area contributed by atoms with E-state index in [0.717, 1.165) is 12.8 Å². The van der Waals surface area contributed by atoms with E-state index in [4.69, 9.17) is 5.11 Å². The normalized spacial score (nSPS) is 28.9. The van der Waals surface area contributed by atoms with Gasteiger partial charge in [-0.25, -0.2) is 4.79 Å². The highest BCUT2D eigenvalue weighted by Crippen LogP contribution is 2.26. The number of carbonyl (C=O) groups is 2. The van der Waals surface area contributed by atoms with E-state index in [0.29, 0.717) is 45.4 Å². The molecular formula is C13H22N2O4. The van der Waals surface area contributed by atoms with Crippen LogP contribution in [0, 0.1) is 5.92 Å². The lowest BCUT2D eigenvalue weighted by Gasteiger charge is -2.30. The van der Waals surface area contributed by atoms with Crippen LogP contribution < -0.4 is 0 Å². The first-order valence-corrected chi connectivity index (χ1v) is 7.02. The van der Waals surface area contributed by atoms with Crippen LogP contribution in [-0.2, 0) is 4.79 Å². The molecule has 0 spiro atoms. The van der Waals surface area contributed by atoms with Crippen LogP contribution in [0.5, 0.6) is 0 Å². The van der Waals surface area contributed by atoms with Crippen molar-refractivity contribution in [2.45, 2.75) is 38.2 Å². The summed E-state index contributed by atoms with van der Waals surface area (Å²) in [5, 5.41) is 18.4. The van der Waals surface area contributed by atoms with Crippen molar-refractivity contribution in [3.05, 3.63) is 0 Å². The number of aliphatic hydroxyl groups excluding tert-OH is 1. The van der Waals surface area contributed by atoms with Crippen molar-refractivity contribution in [2.24, 2.45) is 5.92 Å². The standard InChI is InChI=1S/C13H22N2O4/c16-11-4-2-10(3-5-11)12(17)14-6-1-7-15(9-8-14)13(18)19/h10-11,16H,1-9H2,(H,18,19). The summed E-state index contributed by atoms with van der Waals surface area (Å²) in [7, 11) is 0. The predicted octanol–water partition coefficient (Wildman–Crippen LogP) is 0.750. The second-order valence-corrected chi connectivity index (χ2v) is 5.45. The minimum Gasteiger partial charge on any atom is -0.465 e. The predicted molar refractivity (Wildman–Crippen MR) is 68.8 cm³/mol. The smallest absolute Gasteiger partial charge is 0.407 e. The van der Waals surface area contributed by atoms with E-state index in [-0.39, 0.29) is 17.9 Å². The Balaban J connectivity index is 1.87.